The van der Waals surface area contributed by atoms with Gasteiger partial charge in [0, 0.05) is 0 Å². The van der Waals surface area contributed by atoms with E-state index in [1.807, 2.05) is 188 Å². The molecule has 56 heavy (non-hydrogen) atoms. The molecule has 0 spiro atoms. The van der Waals surface area contributed by atoms with Gasteiger partial charge in [0.15, 0.2) is 0 Å². The molecule has 0 unspecified atom stereocenters. The molecule has 0 saturated heterocycles. The molecule has 0 aliphatic heterocycles. The van der Waals surface area contributed by atoms with Crippen molar-refractivity contribution in [2.45, 2.75) is 0 Å². The summed E-state index contributed by atoms with van der Waals surface area (Å²) in [5.41, 5.74) is 0. The summed E-state index contributed by atoms with van der Waals surface area (Å²) in [6, 6.07) is 70.1. The second kappa shape index (κ2) is 27.5. The van der Waals surface area contributed by atoms with Crippen LogP contribution in [0.1, 0.15) is 0 Å². The molecule has 7 aromatic carbocycles. The number of nitrogens with zero attached hydrogens (tertiary/aromatic N) is 3. The van der Waals surface area contributed by atoms with Gasteiger partial charge in [-0.3, -0.25) is 0 Å². The molecule has 2 N–H and O–H groups in total. The molecule has 0 fully saturated rings. The molecule has 0 heterocycles. The Morgan fingerprint density at radius 2 is 0.446 bits per heavy atom. The zero-order valence-electron chi connectivity index (χ0n) is 30.1. The van der Waals surface area contributed by atoms with Crippen LogP contribution in [-0.2, 0) is 37.9 Å². The van der Waals surface area contributed by atoms with Crippen molar-refractivity contribution in [3.8, 4) is 16.2 Å². The second-order valence-corrected chi connectivity index (χ2v) is 18.8. The van der Waals surface area contributed by atoms with E-state index < -0.39 is 14.3 Å². The average Bonchev–Trinajstić information content (AvgIpc) is 3.26. The SMILES string of the molecule is N#C[S-].N#C[S-].N#C[S-].[OH+]=P(c1ccccc1)(c1ccccc1)c1ccccc1.[OH+]=P(c1ccccc1)(c1ccccc1)c1ccccc1.[Sn+3][c]1ccccc1. The van der Waals surface area contributed by atoms with E-state index in [0.29, 0.717) is 0 Å². The van der Waals surface area contributed by atoms with Gasteiger partial charge >= 0.3 is 70.7 Å². The van der Waals surface area contributed by atoms with Crippen LogP contribution in [0, 0.1) is 32.0 Å². The van der Waals surface area contributed by atoms with Crippen LogP contribution < -0.4 is 35.4 Å². The predicted molar refractivity (Wildman–Crippen MR) is 245 cm³/mol. The quantitative estimate of drug-likeness (QED) is 0.0581. The summed E-state index contributed by atoms with van der Waals surface area (Å²) in [5, 5.41) is 31.3. The van der Waals surface area contributed by atoms with Gasteiger partial charge in [0.25, 0.3) is 0 Å². The van der Waals surface area contributed by atoms with E-state index >= 15 is 0 Å². The van der Waals surface area contributed by atoms with Crippen molar-refractivity contribution in [3.63, 3.8) is 0 Å². The van der Waals surface area contributed by atoms with Crippen molar-refractivity contribution in [2.24, 2.45) is 0 Å². The molecule has 0 atom stereocenters. The van der Waals surface area contributed by atoms with Gasteiger partial charge in [-0.2, -0.15) is 0 Å². The van der Waals surface area contributed by atoms with Crippen molar-refractivity contribution in [2.75, 3.05) is 0 Å². The van der Waals surface area contributed by atoms with E-state index in [1.54, 1.807) is 0 Å². The van der Waals surface area contributed by atoms with Gasteiger partial charge in [0.1, 0.15) is 0 Å². The molecular weight excluding hydrogens is 891 g/mol. The first-order valence-corrected chi connectivity index (χ1v) is 22.8. The van der Waals surface area contributed by atoms with Crippen molar-refractivity contribution in [3.05, 3.63) is 212 Å². The van der Waals surface area contributed by atoms with Gasteiger partial charge < -0.3 is 47.0 Å². The third-order valence-corrected chi connectivity index (χ3v) is 14.8. The molecule has 0 bridgehead atoms. The van der Waals surface area contributed by atoms with Crippen LogP contribution in [0.4, 0.5) is 0 Å². The molecule has 0 radical (unpaired) electrons. The first-order valence-electron chi connectivity index (χ1n) is 16.6. The fourth-order valence-corrected chi connectivity index (χ4v) is 11.2. The van der Waals surface area contributed by atoms with E-state index in [-0.39, 0.29) is 0 Å². The Bertz CT molecular complexity index is 1960. The summed E-state index contributed by atoms with van der Waals surface area (Å²) in [4.78, 5) is 0. The van der Waals surface area contributed by atoms with Crippen molar-refractivity contribution < 1.29 is 9.13 Å². The topological polar surface area (TPSA) is 114 Å². The Morgan fingerprint density at radius 3 is 0.554 bits per heavy atom. The third kappa shape index (κ3) is 14.9. The minimum absolute atomic E-state index is 0.984. The van der Waals surface area contributed by atoms with Gasteiger partial charge in [-0.15, -0.1) is 0 Å². The standard InChI is InChI=1S/2C18H15OP.C6H5.3CHNS.Sn/c2*19-20(16-10-4-1-5-11-16,17-12-6-2-7-13-17)18-14-8-3-9-15-18;1-2-4-6-5-3-1;3*2-1-3;/h2*1-15H;1-5H;3*3H;/q;;;;;;+3/p-1. The Balaban J connectivity index is 0.000000281. The zero-order chi connectivity index (χ0) is 40.9. The Kier molecular flexibility index (Phi) is 23.1. The number of hydrogen-bond acceptors (Lipinski definition) is 6. The van der Waals surface area contributed by atoms with E-state index in [4.69, 9.17) is 15.8 Å². The van der Waals surface area contributed by atoms with Crippen LogP contribution in [0.3, 0.4) is 0 Å². The first-order chi connectivity index (χ1) is 27.3. The second-order valence-electron chi connectivity index (χ2n) is 10.9. The molecule has 274 valence electrons. The average molecular weight is 929 g/mol. The maximum atomic E-state index is 11.5. The van der Waals surface area contributed by atoms with Gasteiger partial charge in [0.05, 0.1) is 31.8 Å². The number of rotatable bonds is 6. The monoisotopic (exact) mass is 929 g/mol. The summed E-state index contributed by atoms with van der Waals surface area (Å²) < 4.78 is 24.5. The van der Waals surface area contributed by atoms with Crippen LogP contribution in [0.25, 0.3) is 0 Å². The van der Waals surface area contributed by atoms with Gasteiger partial charge in [-0.05, 0) is 72.8 Å². The van der Waals surface area contributed by atoms with Crippen LogP contribution in [0.5, 0.6) is 0 Å². The number of benzene rings is 7. The molecule has 0 aromatic heterocycles. The van der Waals surface area contributed by atoms with E-state index in [9.17, 15) is 9.13 Å². The van der Waals surface area contributed by atoms with Crippen LogP contribution in [-0.4, -0.2) is 31.7 Å². The van der Waals surface area contributed by atoms with Crippen LogP contribution in [0.2, 0.25) is 0 Å². The van der Waals surface area contributed by atoms with Crippen LogP contribution in [0.15, 0.2) is 212 Å². The van der Waals surface area contributed by atoms with Gasteiger partial charge in [-0.1, -0.05) is 125 Å². The molecule has 0 saturated carbocycles. The number of thiocyanates is 3. The van der Waals surface area contributed by atoms with Gasteiger partial charge in [0.2, 0.25) is 0 Å². The molecular formula is C45H37N3O2P2S3Sn+2. The molecule has 11 heteroatoms. The molecule has 0 aliphatic rings. The van der Waals surface area contributed by atoms with Crippen molar-refractivity contribution in [1.29, 1.82) is 15.8 Å². The maximum absolute atomic E-state index is 11.5. The predicted octanol–water partition coefficient (Wildman–Crippen LogP) is 7.06. The summed E-state index contributed by atoms with van der Waals surface area (Å²) in [5.74, 6) is 0. The Hall–Kier alpha value is -5.07. The molecule has 0 amide bonds. The Morgan fingerprint density at radius 1 is 0.321 bits per heavy atom. The van der Waals surface area contributed by atoms with E-state index in [2.05, 4.69) is 62.2 Å². The molecule has 5 nitrogen and oxygen atoms in total. The molecule has 7 aromatic rings. The normalized spacial score (nSPS) is 9.48. The number of hydrogen-bond donors (Lipinski definition) is 0. The van der Waals surface area contributed by atoms with Gasteiger partial charge in [-0.25, -0.2) is 15.8 Å². The van der Waals surface area contributed by atoms with E-state index in [1.165, 1.54) is 42.3 Å². The fourth-order valence-electron chi connectivity index (χ4n) is 5.19. The molecule has 7 rings (SSSR count). The van der Waals surface area contributed by atoms with Crippen LogP contribution >= 0.6 is 14.3 Å². The summed E-state index contributed by atoms with van der Waals surface area (Å²) in [6.45, 7) is 0. The van der Waals surface area contributed by atoms with Crippen molar-refractivity contribution >= 4 is 110 Å². The van der Waals surface area contributed by atoms with E-state index in [0.717, 1.165) is 31.8 Å². The first kappa shape index (κ1) is 47.1. The minimum atomic E-state index is -2.53. The number of nitriles is 3. The Labute approximate surface area is 360 Å². The summed E-state index contributed by atoms with van der Waals surface area (Å²) in [6.07, 6.45) is 0. The zero-order valence-corrected chi connectivity index (χ0v) is 37.2. The third-order valence-electron chi connectivity index (χ3n) is 7.55. The summed E-state index contributed by atoms with van der Waals surface area (Å²) >= 11 is 12.6. The fraction of sp³-hybridized carbons (Fsp3) is 0. The van der Waals surface area contributed by atoms with Crippen molar-refractivity contribution in [1.82, 2.24) is 0 Å². The molecule has 0 aliphatic carbocycles. The summed E-state index contributed by atoms with van der Waals surface area (Å²) in [7, 11) is -5.05.